The molecule has 0 aromatic heterocycles. The first-order chi connectivity index (χ1) is 13.2. The molecule has 0 bridgehead atoms. The molecule has 0 amide bonds. The standard InChI is InChI=1S/C18H22BNO7S/c1-19(24)20-12-13(21)11-18(20,17(22)23)28(25,26)16-9-7-15(8-10-16)27-14-5-3-2-4-6-14/h2-10,13,17,21-24H,11-12H2,1H3. The summed E-state index contributed by atoms with van der Waals surface area (Å²) in [7, 11) is -5.68. The summed E-state index contributed by atoms with van der Waals surface area (Å²) in [6, 6.07) is 14.4. The van der Waals surface area contributed by atoms with Gasteiger partial charge >= 0.3 is 7.05 Å². The first kappa shape index (κ1) is 20.8. The van der Waals surface area contributed by atoms with Crippen molar-refractivity contribution in [1.82, 2.24) is 4.81 Å². The number of benzene rings is 2. The number of hydrogen-bond donors (Lipinski definition) is 4. The number of nitrogens with zero attached hydrogens (tertiary/aromatic N) is 1. The molecule has 1 fully saturated rings. The average molecular weight is 407 g/mol. The molecule has 2 atom stereocenters. The van der Waals surface area contributed by atoms with Gasteiger partial charge in [-0.25, -0.2) is 8.42 Å². The minimum atomic E-state index is -4.37. The molecule has 1 aliphatic heterocycles. The van der Waals surface area contributed by atoms with Gasteiger partial charge in [-0.3, -0.25) is 4.81 Å². The lowest BCUT2D eigenvalue weighted by molar-refractivity contribution is -0.0964. The van der Waals surface area contributed by atoms with Crippen LogP contribution in [0.2, 0.25) is 6.82 Å². The molecule has 1 saturated heterocycles. The van der Waals surface area contributed by atoms with Crippen LogP contribution in [0.25, 0.3) is 0 Å². The number of aliphatic hydroxyl groups is 3. The lowest BCUT2D eigenvalue weighted by Crippen LogP contribution is -2.62. The van der Waals surface area contributed by atoms with Crippen LogP contribution in [0.4, 0.5) is 0 Å². The zero-order valence-electron chi connectivity index (χ0n) is 15.2. The predicted octanol–water partition coefficient (Wildman–Crippen LogP) is 0.436. The van der Waals surface area contributed by atoms with E-state index in [1.165, 1.54) is 31.1 Å². The highest BCUT2D eigenvalue weighted by molar-refractivity contribution is 7.93. The van der Waals surface area contributed by atoms with Crippen LogP contribution in [0.15, 0.2) is 59.5 Å². The number of aliphatic hydroxyl groups excluding tert-OH is 2. The van der Waals surface area contributed by atoms with Gasteiger partial charge < -0.3 is 25.1 Å². The molecule has 3 rings (SSSR count). The first-order valence-electron chi connectivity index (χ1n) is 8.75. The summed E-state index contributed by atoms with van der Waals surface area (Å²) in [5.74, 6) is 0.988. The lowest BCUT2D eigenvalue weighted by atomic mass is 9.84. The van der Waals surface area contributed by atoms with E-state index in [1.807, 2.05) is 6.07 Å². The molecule has 2 aromatic carbocycles. The minimum Gasteiger partial charge on any atom is -0.457 e. The Hall–Kier alpha value is -1.95. The van der Waals surface area contributed by atoms with Crippen LogP contribution >= 0.6 is 0 Å². The number of ether oxygens (including phenoxy) is 1. The van der Waals surface area contributed by atoms with Crippen molar-refractivity contribution in [1.29, 1.82) is 0 Å². The van der Waals surface area contributed by atoms with Gasteiger partial charge in [0, 0.05) is 13.0 Å². The summed E-state index contributed by atoms with van der Waals surface area (Å²) in [4.78, 5) is -1.45. The van der Waals surface area contributed by atoms with Crippen LogP contribution < -0.4 is 4.74 Å². The van der Waals surface area contributed by atoms with E-state index in [1.54, 1.807) is 24.3 Å². The van der Waals surface area contributed by atoms with Gasteiger partial charge in [-0.2, -0.15) is 0 Å². The van der Waals surface area contributed by atoms with Gasteiger partial charge in [0.1, 0.15) is 11.5 Å². The SMILES string of the molecule is CB(O)N1CC(O)CC1(C(O)O)S(=O)(=O)c1ccc(Oc2ccccc2)cc1. The highest BCUT2D eigenvalue weighted by Gasteiger charge is 2.61. The largest absolute Gasteiger partial charge is 0.457 e. The van der Waals surface area contributed by atoms with Crippen molar-refractivity contribution in [3.05, 3.63) is 54.6 Å². The highest BCUT2D eigenvalue weighted by atomic mass is 32.2. The van der Waals surface area contributed by atoms with E-state index in [9.17, 15) is 28.8 Å². The van der Waals surface area contributed by atoms with E-state index >= 15 is 0 Å². The molecule has 2 unspecified atom stereocenters. The fraction of sp³-hybridized carbons (Fsp3) is 0.333. The average Bonchev–Trinajstić information content (AvgIpc) is 3.03. The van der Waals surface area contributed by atoms with E-state index in [2.05, 4.69) is 0 Å². The molecule has 8 nitrogen and oxygen atoms in total. The fourth-order valence-electron chi connectivity index (χ4n) is 3.54. The summed E-state index contributed by atoms with van der Waals surface area (Å²) < 4.78 is 32.2. The molecular weight excluding hydrogens is 385 g/mol. The molecule has 150 valence electrons. The predicted molar refractivity (Wildman–Crippen MR) is 102 cm³/mol. The normalized spacial score (nSPS) is 23.1. The van der Waals surface area contributed by atoms with E-state index in [0.29, 0.717) is 11.5 Å². The Morgan fingerprint density at radius 1 is 1.11 bits per heavy atom. The van der Waals surface area contributed by atoms with Gasteiger partial charge in [0.15, 0.2) is 11.2 Å². The summed E-state index contributed by atoms with van der Waals surface area (Å²) >= 11 is 0. The first-order valence-corrected chi connectivity index (χ1v) is 10.2. The van der Waals surface area contributed by atoms with Gasteiger partial charge in [-0.05, 0) is 43.2 Å². The Morgan fingerprint density at radius 3 is 2.21 bits per heavy atom. The van der Waals surface area contributed by atoms with Gasteiger partial charge in [-0.1, -0.05) is 18.2 Å². The van der Waals surface area contributed by atoms with Crippen molar-refractivity contribution in [3.8, 4) is 11.5 Å². The van der Waals surface area contributed by atoms with E-state index in [-0.39, 0.29) is 11.4 Å². The molecule has 28 heavy (non-hydrogen) atoms. The van der Waals surface area contributed by atoms with Gasteiger partial charge in [0.25, 0.3) is 0 Å². The minimum absolute atomic E-state index is 0.180. The Balaban J connectivity index is 1.96. The Morgan fingerprint density at radius 2 is 1.68 bits per heavy atom. The van der Waals surface area contributed by atoms with Crippen molar-refractivity contribution in [3.63, 3.8) is 0 Å². The van der Waals surface area contributed by atoms with Crippen LogP contribution in [0.3, 0.4) is 0 Å². The topological polar surface area (TPSA) is 128 Å². The van der Waals surface area contributed by atoms with Crippen molar-refractivity contribution in [2.75, 3.05) is 6.54 Å². The smallest absolute Gasteiger partial charge is 0.377 e. The Bertz CT molecular complexity index is 905. The maximum absolute atomic E-state index is 13.3. The molecule has 1 aliphatic rings. The Kier molecular flexibility index (Phi) is 5.80. The van der Waals surface area contributed by atoms with Crippen molar-refractivity contribution >= 4 is 16.9 Å². The van der Waals surface area contributed by atoms with E-state index in [0.717, 1.165) is 4.81 Å². The van der Waals surface area contributed by atoms with Crippen LogP contribution in [0.1, 0.15) is 6.42 Å². The van der Waals surface area contributed by atoms with Crippen LogP contribution in [0.5, 0.6) is 11.5 Å². The van der Waals surface area contributed by atoms with Crippen LogP contribution in [-0.2, 0) is 9.84 Å². The van der Waals surface area contributed by atoms with Crippen molar-refractivity contribution in [2.45, 2.75) is 35.4 Å². The van der Waals surface area contributed by atoms with Gasteiger partial charge in [0.2, 0.25) is 9.84 Å². The second-order valence-corrected chi connectivity index (χ2v) is 8.94. The number of hydrogen-bond acceptors (Lipinski definition) is 8. The van der Waals surface area contributed by atoms with E-state index in [4.69, 9.17) is 4.74 Å². The molecule has 4 N–H and O–H groups in total. The van der Waals surface area contributed by atoms with Crippen LogP contribution in [-0.4, -0.2) is 64.4 Å². The third kappa shape index (κ3) is 3.55. The summed E-state index contributed by atoms with van der Waals surface area (Å²) in [6.45, 7) is 1.10. The van der Waals surface area contributed by atoms with E-state index < -0.39 is 40.6 Å². The number of rotatable bonds is 6. The maximum Gasteiger partial charge on any atom is 0.377 e. The molecule has 0 saturated carbocycles. The zero-order valence-corrected chi connectivity index (χ0v) is 16.0. The molecule has 0 spiro atoms. The third-order valence-corrected chi connectivity index (χ3v) is 7.29. The van der Waals surface area contributed by atoms with Crippen LogP contribution in [0, 0.1) is 0 Å². The van der Waals surface area contributed by atoms with Gasteiger partial charge in [0.05, 0.1) is 11.0 Å². The maximum atomic E-state index is 13.3. The number of sulfone groups is 1. The quantitative estimate of drug-likeness (QED) is 0.401. The molecule has 0 aliphatic carbocycles. The highest BCUT2D eigenvalue weighted by Crippen LogP contribution is 2.41. The van der Waals surface area contributed by atoms with Gasteiger partial charge in [-0.15, -0.1) is 0 Å². The summed E-state index contributed by atoms with van der Waals surface area (Å²) in [6.07, 6.45) is -3.91. The third-order valence-electron chi connectivity index (χ3n) is 4.85. The number of β-amino-alcohol motifs (C(OH)–C–C–N with tert-alkyl or cyclic N) is 1. The number of para-hydroxylation sites is 1. The molecule has 1 heterocycles. The lowest BCUT2D eigenvalue weighted by Gasteiger charge is -2.39. The summed E-state index contributed by atoms with van der Waals surface area (Å²) in [5, 5.41) is 39.9. The molecule has 0 radical (unpaired) electrons. The summed E-state index contributed by atoms with van der Waals surface area (Å²) in [5.41, 5.74) is 0. The van der Waals surface area contributed by atoms with Crippen molar-refractivity contribution in [2.24, 2.45) is 0 Å². The Labute approximate surface area is 163 Å². The molecular formula is C18H22BNO7S. The molecule has 10 heteroatoms. The van der Waals surface area contributed by atoms with Crippen molar-refractivity contribution < 1.29 is 33.5 Å². The monoisotopic (exact) mass is 407 g/mol. The molecule has 2 aromatic rings. The second-order valence-electron chi connectivity index (χ2n) is 6.75. The fourth-order valence-corrected chi connectivity index (χ4v) is 5.67. The zero-order chi connectivity index (χ0) is 20.5. The second kappa shape index (κ2) is 7.82.